The maximum atomic E-state index is 12.1. The van der Waals surface area contributed by atoms with Gasteiger partial charge >= 0.3 is 5.97 Å². The molecule has 0 aliphatic carbocycles. The molecule has 1 fully saturated rings. The van der Waals surface area contributed by atoms with Crippen LogP contribution in [0.5, 0.6) is 0 Å². The highest BCUT2D eigenvalue weighted by Crippen LogP contribution is 2.25. The molecule has 0 spiro atoms. The maximum absolute atomic E-state index is 12.1. The van der Waals surface area contributed by atoms with E-state index in [1.54, 1.807) is 0 Å². The van der Waals surface area contributed by atoms with Crippen LogP contribution in [0.3, 0.4) is 0 Å². The Hall–Kier alpha value is -1.10. The van der Waals surface area contributed by atoms with E-state index >= 15 is 0 Å². The molecule has 0 radical (unpaired) electrons. The SMILES string of the molecule is CC[C@H](C)[C@H](NC(=O)C1(C)CCNC1)C(=O)O. The van der Waals surface area contributed by atoms with Crippen molar-refractivity contribution in [1.82, 2.24) is 10.6 Å². The number of carboxylic acid groups (broad SMARTS) is 1. The van der Waals surface area contributed by atoms with Crippen molar-refractivity contribution < 1.29 is 14.7 Å². The van der Waals surface area contributed by atoms with Crippen LogP contribution >= 0.6 is 0 Å². The fourth-order valence-electron chi connectivity index (χ4n) is 2.01. The Kier molecular flexibility index (Phi) is 4.51. The van der Waals surface area contributed by atoms with E-state index in [2.05, 4.69) is 10.6 Å². The van der Waals surface area contributed by atoms with Gasteiger partial charge in [0.05, 0.1) is 5.41 Å². The molecule has 1 heterocycles. The van der Waals surface area contributed by atoms with E-state index in [9.17, 15) is 9.59 Å². The second-order valence-electron chi connectivity index (χ2n) is 5.16. The number of hydrogen-bond acceptors (Lipinski definition) is 3. The Morgan fingerprint density at radius 1 is 1.53 bits per heavy atom. The van der Waals surface area contributed by atoms with E-state index in [1.165, 1.54) is 0 Å². The Balaban J connectivity index is 2.67. The Morgan fingerprint density at radius 3 is 2.59 bits per heavy atom. The standard InChI is InChI=1S/C12H22N2O3/c1-4-8(2)9(10(15)16)14-11(17)12(3)5-6-13-7-12/h8-9,13H,4-7H2,1-3H3,(H,14,17)(H,15,16)/t8-,9-,12?/m0/s1. The molecular formula is C12H22N2O3. The number of amides is 1. The van der Waals surface area contributed by atoms with Gasteiger partial charge in [0.2, 0.25) is 5.91 Å². The van der Waals surface area contributed by atoms with E-state index in [1.807, 2.05) is 20.8 Å². The molecule has 1 rings (SSSR count). The highest BCUT2D eigenvalue weighted by molar-refractivity contribution is 5.87. The van der Waals surface area contributed by atoms with Gasteiger partial charge in [0, 0.05) is 6.54 Å². The zero-order valence-electron chi connectivity index (χ0n) is 10.7. The normalized spacial score (nSPS) is 27.5. The van der Waals surface area contributed by atoms with Gasteiger partial charge in [-0.3, -0.25) is 4.79 Å². The van der Waals surface area contributed by atoms with Crippen LogP contribution in [-0.2, 0) is 9.59 Å². The third-order valence-corrected chi connectivity index (χ3v) is 3.68. The molecule has 98 valence electrons. The molecule has 1 aliphatic heterocycles. The van der Waals surface area contributed by atoms with Crippen LogP contribution in [-0.4, -0.2) is 36.1 Å². The van der Waals surface area contributed by atoms with E-state index in [-0.39, 0.29) is 11.8 Å². The van der Waals surface area contributed by atoms with Crippen molar-refractivity contribution in [1.29, 1.82) is 0 Å². The monoisotopic (exact) mass is 242 g/mol. The van der Waals surface area contributed by atoms with Crippen LogP contribution in [0, 0.1) is 11.3 Å². The van der Waals surface area contributed by atoms with Gasteiger partial charge in [0.15, 0.2) is 0 Å². The summed E-state index contributed by atoms with van der Waals surface area (Å²) in [6, 6.07) is -0.787. The highest BCUT2D eigenvalue weighted by Gasteiger charge is 2.38. The molecule has 1 aliphatic rings. The number of carbonyl (C=O) groups excluding carboxylic acids is 1. The number of carbonyl (C=O) groups is 2. The van der Waals surface area contributed by atoms with E-state index in [4.69, 9.17) is 5.11 Å². The molecule has 1 unspecified atom stereocenters. The van der Waals surface area contributed by atoms with Crippen molar-refractivity contribution >= 4 is 11.9 Å². The summed E-state index contributed by atoms with van der Waals surface area (Å²) in [4.78, 5) is 23.2. The molecule has 3 N–H and O–H groups in total. The average molecular weight is 242 g/mol. The molecular weight excluding hydrogens is 220 g/mol. The zero-order chi connectivity index (χ0) is 13.1. The molecule has 3 atom stereocenters. The number of nitrogens with one attached hydrogen (secondary N) is 2. The van der Waals surface area contributed by atoms with Gasteiger partial charge in [0.1, 0.15) is 6.04 Å². The lowest BCUT2D eigenvalue weighted by atomic mass is 9.87. The molecule has 1 saturated heterocycles. The second kappa shape index (κ2) is 5.49. The van der Waals surface area contributed by atoms with Crippen LogP contribution in [0.2, 0.25) is 0 Å². The summed E-state index contributed by atoms with van der Waals surface area (Å²) in [5.41, 5.74) is -0.471. The summed E-state index contributed by atoms with van der Waals surface area (Å²) >= 11 is 0. The quantitative estimate of drug-likeness (QED) is 0.659. The van der Waals surface area contributed by atoms with Gasteiger partial charge in [-0.25, -0.2) is 4.79 Å². The highest BCUT2D eigenvalue weighted by atomic mass is 16.4. The number of hydrogen-bond donors (Lipinski definition) is 3. The third-order valence-electron chi connectivity index (χ3n) is 3.68. The summed E-state index contributed by atoms with van der Waals surface area (Å²) < 4.78 is 0. The summed E-state index contributed by atoms with van der Waals surface area (Å²) in [6.45, 7) is 7.06. The van der Waals surface area contributed by atoms with Crippen LogP contribution < -0.4 is 10.6 Å². The first-order valence-corrected chi connectivity index (χ1v) is 6.15. The lowest BCUT2D eigenvalue weighted by Gasteiger charge is -2.27. The summed E-state index contributed by atoms with van der Waals surface area (Å²) in [7, 11) is 0. The first kappa shape index (κ1) is 14.0. The predicted molar refractivity (Wildman–Crippen MR) is 64.6 cm³/mol. The Labute approximate surface area is 102 Å². The zero-order valence-corrected chi connectivity index (χ0v) is 10.7. The molecule has 0 saturated carbocycles. The Bertz CT molecular complexity index is 298. The first-order chi connectivity index (χ1) is 7.90. The van der Waals surface area contributed by atoms with E-state index < -0.39 is 17.4 Å². The van der Waals surface area contributed by atoms with Gasteiger partial charge in [0.25, 0.3) is 0 Å². The van der Waals surface area contributed by atoms with Gasteiger partial charge in [-0.05, 0) is 25.8 Å². The van der Waals surface area contributed by atoms with Crippen molar-refractivity contribution in [3.63, 3.8) is 0 Å². The Morgan fingerprint density at radius 2 is 2.18 bits per heavy atom. The minimum Gasteiger partial charge on any atom is -0.480 e. The molecule has 0 aromatic rings. The van der Waals surface area contributed by atoms with Crippen molar-refractivity contribution in [3.05, 3.63) is 0 Å². The fourth-order valence-corrected chi connectivity index (χ4v) is 2.01. The minimum absolute atomic E-state index is 0.0607. The van der Waals surface area contributed by atoms with Crippen molar-refractivity contribution in [2.75, 3.05) is 13.1 Å². The predicted octanol–water partition coefficient (Wildman–Crippen LogP) is 0.602. The lowest BCUT2D eigenvalue weighted by Crippen LogP contribution is -2.50. The van der Waals surface area contributed by atoms with Crippen molar-refractivity contribution in [3.8, 4) is 0 Å². The third kappa shape index (κ3) is 3.19. The van der Waals surface area contributed by atoms with Crippen molar-refractivity contribution in [2.24, 2.45) is 11.3 Å². The molecule has 5 nitrogen and oxygen atoms in total. The minimum atomic E-state index is -0.956. The van der Waals surface area contributed by atoms with Crippen LogP contribution in [0.4, 0.5) is 0 Å². The largest absolute Gasteiger partial charge is 0.480 e. The number of carboxylic acids is 1. The molecule has 0 bridgehead atoms. The van der Waals surface area contributed by atoms with Crippen LogP contribution in [0.25, 0.3) is 0 Å². The smallest absolute Gasteiger partial charge is 0.326 e. The average Bonchev–Trinajstić information content (AvgIpc) is 2.72. The molecule has 17 heavy (non-hydrogen) atoms. The van der Waals surface area contributed by atoms with Gasteiger partial charge in [-0.2, -0.15) is 0 Å². The van der Waals surface area contributed by atoms with Crippen LogP contribution in [0.1, 0.15) is 33.6 Å². The van der Waals surface area contributed by atoms with E-state index in [0.717, 1.165) is 19.4 Å². The van der Waals surface area contributed by atoms with Crippen molar-refractivity contribution in [2.45, 2.75) is 39.7 Å². The fraction of sp³-hybridized carbons (Fsp3) is 0.833. The maximum Gasteiger partial charge on any atom is 0.326 e. The van der Waals surface area contributed by atoms with Gasteiger partial charge < -0.3 is 15.7 Å². The molecule has 0 aromatic carbocycles. The second-order valence-corrected chi connectivity index (χ2v) is 5.16. The molecule has 0 aromatic heterocycles. The van der Waals surface area contributed by atoms with Gasteiger partial charge in [-0.15, -0.1) is 0 Å². The lowest BCUT2D eigenvalue weighted by molar-refractivity contribution is -0.145. The summed E-state index contributed by atoms with van der Waals surface area (Å²) in [5.74, 6) is -1.17. The number of rotatable bonds is 5. The molecule has 1 amide bonds. The topological polar surface area (TPSA) is 78.4 Å². The van der Waals surface area contributed by atoms with Crippen LogP contribution in [0.15, 0.2) is 0 Å². The summed E-state index contributed by atoms with van der Waals surface area (Å²) in [5, 5.41) is 14.9. The van der Waals surface area contributed by atoms with Gasteiger partial charge in [-0.1, -0.05) is 20.3 Å². The molecule has 5 heteroatoms. The summed E-state index contributed by atoms with van der Waals surface area (Å²) in [6.07, 6.45) is 1.48. The number of aliphatic carboxylic acids is 1. The van der Waals surface area contributed by atoms with E-state index in [0.29, 0.717) is 6.54 Å². The first-order valence-electron chi connectivity index (χ1n) is 6.15.